The summed E-state index contributed by atoms with van der Waals surface area (Å²) in [6, 6.07) is 22.0. The smallest absolute Gasteiger partial charge is 0.234 e. The van der Waals surface area contributed by atoms with Gasteiger partial charge in [0.05, 0.1) is 33.2 Å². The second-order valence-electron chi connectivity index (χ2n) is 7.62. The Bertz CT molecular complexity index is 1550. The minimum atomic E-state index is -0.282. The second kappa shape index (κ2) is 10.00. The number of aromatic nitrogens is 2. The van der Waals surface area contributed by atoms with Gasteiger partial charge in [0.2, 0.25) is 11.8 Å². The predicted molar refractivity (Wildman–Crippen MR) is 141 cm³/mol. The summed E-state index contributed by atoms with van der Waals surface area (Å²) in [6.45, 7) is 0. The number of benzene rings is 3. The molecule has 0 spiro atoms. The number of hydrogen-bond acceptors (Lipinski definition) is 5. The van der Waals surface area contributed by atoms with Gasteiger partial charge in [-0.05, 0) is 48.6 Å². The van der Waals surface area contributed by atoms with E-state index in [2.05, 4.69) is 15.3 Å². The zero-order chi connectivity index (χ0) is 24.4. The molecule has 0 radical (unpaired) electrons. The largest absolute Gasteiger partial charge is 0.493 e. The fourth-order valence-electron chi connectivity index (χ4n) is 3.58. The lowest BCUT2D eigenvalue weighted by atomic mass is 10.2. The molecule has 2 heterocycles. The lowest BCUT2D eigenvalue weighted by Crippen LogP contribution is -2.19. The average molecular weight is 521 g/mol. The van der Waals surface area contributed by atoms with Gasteiger partial charge in [-0.2, -0.15) is 0 Å². The van der Waals surface area contributed by atoms with Crippen LogP contribution in [0.4, 0.5) is 5.69 Å². The number of allylic oxidation sites excluding steroid dienone is 1. The molecule has 0 fully saturated rings. The van der Waals surface area contributed by atoms with Crippen LogP contribution < -0.4 is 15.9 Å². The van der Waals surface area contributed by atoms with Gasteiger partial charge in [0.1, 0.15) is 5.69 Å². The van der Waals surface area contributed by atoms with Gasteiger partial charge in [-0.1, -0.05) is 71.4 Å². The number of anilines is 1. The topological polar surface area (TPSA) is 79.5 Å². The quantitative estimate of drug-likeness (QED) is 0.348. The van der Waals surface area contributed by atoms with Crippen molar-refractivity contribution in [3.63, 3.8) is 0 Å². The number of carbonyl (C=O) groups is 1. The van der Waals surface area contributed by atoms with E-state index in [4.69, 9.17) is 23.2 Å². The summed E-state index contributed by atoms with van der Waals surface area (Å²) >= 11 is 13.4. The Hall–Kier alpha value is -3.52. The first-order valence-corrected chi connectivity index (χ1v) is 12.3. The maximum absolute atomic E-state index is 12.6. The molecule has 0 saturated heterocycles. The third-order valence-corrected chi connectivity index (χ3v) is 6.68. The summed E-state index contributed by atoms with van der Waals surface area (Å²) in [5, 5.41) is 17.0. The first-order valence-electron chi connectivity index (χ1n) is 10.6. The summed E-state index contributed by atoms with van der Waals surface area (Å²) in [6.07, 6.45) is 3.66. The second-order valence-corrected chi connectivity index (χ2v) is 9.41. The Morgan fingerprint density at radius 2 is 1.83 bits per heavy atom. The molecule has 1 aliphatic rings. The van der Waals surface area contributed by atoms with Crippen molar-refractivity contribution in [3.05, 3.63) is 105 Å². The number of halogens is 2. The number of fused-ring (bicyclic) bond motifs is 1. The van der Waals surface area contributed by atoms with Crippen molar-refractivity contribution in [2.24, 2.45) is 4.99 Å². The van der Waals surface area contributed by atoms with Crippen LogP contribution in [0, 0.1) is 0 Å². The molecule has 5 rings (SSSR count). The molecule has 1 aliphatic heterocycles. The molecular weight excluding hydrogens is 503 g/mol. The van der Waals surface area contributed by atoms with Crippen molar-refractivity contribution in [1.82, 2.24) is 9.55 Å². The molecule has 0 saturated carbocycles. The van der Waals surface area contributed by atoms with E-state index in [1.807, 2.05) is 60.7 Å². The van der Waals surface area contributed by atoms with Crippen molar-refractivity contribution in [3.8, 4) is 11.6 Å². The average Bonchev–Trinajstić information content (AvgIpc) is 3.41. The van der Waals surface area contributed by atoms with Gasteiger partial charge in [0, 0.05) is 10.2 Å². The van der Waals surface area contributed by atoms with E-state index in [1.54, 1.807) is 28.8 Å². The summed E-state index contributed by atoms with van der Waals surface area (Å²) in [5.74, 6) is -0.274. The molecule has 4 aromatic rings. The molecule has 9 heteroatoms. The number of para-hydroxylation sites is 2. The number of rotatable bonds is 6. The monoisotopic (exact) mass is 520 g/mol. The summed E-state index contributed by atoms with van der Waals surface area (Å²) in [5.41, 5.74) is 2.20. The lowest BCUT2D eigenvalue weighted by Gasteiger charge is -2.09. The SMILES string of the molecule is O=C(CSc1nc(C=C2C=c3ccccc3=N2)c(O)n1-c1ccccc1)Nc1cc(Cl)ccc1Cl. The van der Waals surface area contributed by atoms with Crippen LogP contribution in [0.5, 0.6) is 5.88 Å². The number of carbonyl (C=O) groups excluding carboxylic acids is 1. The van der Waals surface area contributed by atoms with Gasteiger partial charge in [0.25, 0.3) is 0 Å². The summed E-state index contributed by atoms with van der Waals surface area (Å²) in [4.78, 5) is 21.8. The molecule has 0 aliphatic carbocycles. The Morgan fingerprint density at radius 1 is 1.06 bits per heavy atom. The molecule has 6 nitrogen and oxygen atoms in total. The van der Waals surface area contributed by atoms with E-state index in [9.17, 15) is 9.90 Å². The van der Waals surface area contributed by atoms with Crippen LogP contribution in [0.2, 0.25) is 10.0 Å². The minimum absolute atomic E-state index is 0.0379. The van der Waals surface area contributed by atoms with Crippen LogP contribution in [-0.4, -0.2) is 26.3 Å². The number of thioether (sulfide) groups is 1. The fraction of sp³-hybridized carbons (Fsp3) is 0.0385. The first-order chi connectivity index (χ1) is 17.0. The highest BCUT2D eigenvalue weighted by molar-refractivity contribution is 7.99. The summed E-state index contributed by atoms with van der Waals surface area (Å²) < 4.78 is 1.61. The summed E-state index contributed by atoms with van der Waals surface area (Å²) in [7, 11) is 0. The zero-order valence-corrected chi connectivity index (χ0v) is 20.5. The molecule has 1 aromatic heterocycles. The molecule has 3 aromatic carbocycles. The van der Waals surface area contributed by atoms with Gasteiger partial charge < -0.3 is 10.4 Å². The Kier molecular flexibility index (Phi) is 6.63. The Labute approximate surface area is 215 Å². The zero-order valence-electron chi connectivity index (χ0n) is 18.2. The van der Waals surface area contributed by atoms with Crippen molar-refractivity contribution >= 4 is 58.7 Å². The molecule has 0 bridgehead atoms. The molecule has 2 N–H and O–H groups in total. The number of hydrogen-bond donors (Lipinski definition) is 2. The highest BCUT2D eigenvalue weighted by Gasteiger charge is 2.19. The van der Waals surface area contributed by atoms with Crippen molar-refractivity contribution in [1.29, 1.82) is 0 Å². The van der Waals surface area contributed by atoms with Crippen molar-refractivity contribution in [2.75, 3.05) is 11.1 Å². The number of amides is 1. The van der Waals surface area contributed by atoms with Gasteiger partial charge in [-0.15, -0.1) is 0 Å². The van der Waals surface area contributed by atoms with Crippen LogP contribution in [0.25, 0.3) is 17.8 Å². The van der Waals surface area contributed by atoms with Crippen LogP contribution in [0.3, 0.4) is 0 Å². The van der Waals surface area contributed by atoms with Crippen LogP contribution in [0.15, 0.2) is 88.6 Å². The van der Waals surface area contributed by atoms with E-state index >= 15 is 0 Å². The first kappa shape index (κ1) is 23.2. The predicted octanol–water partition coefficient (Wildman–Crippen LogP) is 5.07. The van der Waals surface area contributed by atoms with Gasteiger partial charge in [-0.3, -0.25) is 9.36 Å². The molecular formula is C26H18Cl2N4O2S. The van der Waals surface area contributed by atoms with Gasteiger partial charge in [-0.25, -0.2) is 9.98 Å². The van der Waals surface area contributed by atoms with Crippen LogP contribution in [0.1, 0.15) is 5.69 Å². The van der Waals surface area contributed by atoms with Gasteiger partial charge in [0.15, 0.2) is 5.16 Å². The Morgan fingerprint density at radius 3 is 2.63 bits per heavy atom. The number of aromatic hydroxyl groups is 1. The molecule has 174 valence electrons. The number of imidazole rings is 1. The minimum Gasteiger partial charge on any atom is -0.493 e. The number of nitrogens with one attached hydrogen (secondary N) is 1. The number of nitrogens with zero attached hydrogens (tertiary/aromatic N) is 3. The van der Waals surface area contributed by atoms with E-state index < -0.39 is 0 Å². The molecule has 0 unspecified atom stereocenters. The van der Waals surface area contributed by atoms with E-state index in [1.165, 1.54) is 11.8 Å². The van der Waals surface area contributed by atoms with Crippen molar-refractivity contribution in [2.45, 2.75) is 5.16 Å². The third-order valence-electron chi connectivity index (χ3n) is 5.17. The lowest BCUT2D eigenvalue weighted by molar-refractivity contribution is -0.113. The normalized spacial score (nSPS) is 13.3. The van der Waals surface area contributed by atoms with Crippen LogP contribution in [-0.2, 0) is 4.79 Å². The van der Waals surface area contributed by atoms with Crippen LogP contribution >= 0.6 is 35.0 Å². The fourth-order valence-corrected chi connectivity index (χ4v) is 4.73. The van der Waals surface area contributed by atoms with Gasteiger partial charge >= 0.3 is 0 Å². The highest BCUT2D eigenvalue weighted by Crippen LogP contribution is 2.32. The van der Waals surface area contributed by atoms with Crippen molar-refractivity contribution < 1.29 is 9.90 Å². The highest BCUT2D eigenvalue weighted by atomic mass is 35.5. The molecule has 1 amide bonds. The third kappa shape index (κ3) is 5.12. The van der Waals surface area contributed by atoms with E-state index in [-0.39, 0.29) is 17.5 Å². The Balaban J connectivity index is 1.44. The maximum atomic E-state index is 12.6. The standard InChI is InChI=1S/C26H18Cl2N4O2S/c27-17-10-11-20(28)22(13-17)30-24(33)15-35-26-31-23(25(34)32(26)19-7-2-1-3-8-19)14-18-12-16-6-4-5-9-21(16)29-18/h1-14,34H,15H2,(H,30,33). The van der Waals surface area contributed by atoms with E-state index in [0.717, 1.165) is 16.3 Å². The van der Waals surface area contributed by atoms with E-state index in [0.29, 0.717) is 32.3 Å². The molecule has 35 heavy (non-hydrogen) atoms. The molecule has 0 atom stereocenters. The maximum Gasteiger partial charge on any atom is 0.234 e.